The van der Waals surface area contributed by atoms with E-state index in [1.807, 2.05) is 0 Å². The summed E-state index contributed by atoms with van der Waals surface area (Å²) in [7, 11) is 1.73. The average Bonchev–Trinajstić information content (AvgIpc) is 2.26. The van der Waals surface area contributed by atoms with E-state index in [0.717, 1.165) is 26.0 Å². The molecule has 1 heterocycles. The Morgan fingerprint density at radius 3 is 2.81 bits per heavy atom. The summed E-state index contributed by atoms with van der Waals surface area (Å²) in [4.78, 5) is 11.0. The smallest absolute Gasteiger partial charge is 0.220 e. The third-order valence-electron chi connectivity index (χ3n) is 3.15. The second-order valence-electron chi connectivity index (χ2n) is 4.84. The first-order chi connectivity index (χ1) is 7.63. The molecule has 0 aromatic rings. The predicted octanol–water partition coefficient (Wildman–Crippen LogP) is 0.916. The van der Waals surface area contributed by atoms with Gasteiger partial charge >= 0.3 is 0 Å². The minimum Gasteiger partial charge on any atom is -0.385 e. The zero-order chi connectivity index (χ0) is 12.0. The molecule has 0 aromatic carbocycles. The van der Waals surface area contributed by atoms with Crippen molar-refractivity contribution in [3.63, 3.8) is 0 Å². The van der Waals surface area contributed by atoms with E-state index in [1.54, 1.807) is 7.11 Å². The minimum absolute atomic E-state index is 0.177. The van der Waals surface area contributed by atoms with E-state index >= 15 is 0 Å². The molecule has 1 amide bonds. The SMILES string of the molecule is COCCC(NC1CCC(=O)NC1)C(C)C. The van der Waals surface area contributed by atoms with Gasteiger partial charge in [0.05, 0.1) is 0 Å². The number of amides is 1. The van der Waals surface area contributed by atoms with Crippen molar-refractivity contribution in [3.05, 3.63) is 0 Å². The number of carbonyl (C=O) groups excluding carboxylic acids is 1. The van der Waals surface area contributed by atoms with Crippen molar-refractivity contribution in [2.24, 2.45) is 5.92 Å². The highest BCUT2D eigenvalue weighted by molar-refractivity contribution is 5.76. The van der Waals surface area contributed by atoms with Crippen LogP contribution in [0.5, 0.6) is 0 Å². The van der Waals surface area contributed by atoms with Crippen molar-refractivity contribution < 1.29 is 9.53 Å². The predicted molar refractivity (Wildman–Crippen MR) is 64.3 cm³/mol. The molecule has 4 nitrogen and oxygen atoms in total. The summed E-state index contributed by atoms with van der Waals surface area (Å²) in [5.74, 6) is 0.767. The Kier molecular flexibility index (Phi) is 5.77. The summed E-state index contributed by atoms with van der Waals surface area (Å²) in [5, 5.41) is 6.52. The molecule has 2 atom stereocenters. The zero-order valence-corrected chi connectivity index (χ0v) is 10.6. The maximum Gasteiger partial charge on any atom is 0.220 e. The zero-order valence-electron chi connectivity index (χ0n) is 10.6. The van der Waals surface area contributed by atoms with Crippen LogP contribution in [0.3, 0.4) is 0 Å². The Morgan fingerprint density at radius 2 is 2.31 bits per heavy atom. The van der Waals surface area contributed by atoms with Crippen LogP contribution in [0.4, 0.5) is 0 Å². The van der Waals surface area contributed by atoms with Crippen molar-refractivity contribution >= 4 is 5.91 Å². The number of methoxy groups -OCH3 is 1. The number of ether oxygens (including phenoxy) is 1. The Hall–Kier alpha value is -0.610. The normalized spacial score (nSPS) is 23.2. The van der Waals surface area contributed by atoms with Gasteiger partial charge in [0.1, 0.15) is 0 Å². The molecule has 0 radical (unpaired) electrons. The van der Waals surface area contributed by atoms with Gasteiger partial charge in [0.2, 0.25) is 5.91 Å². The van der Waals surface area contributed by atoms with Crippen molar-refractivity contribution in [1.82, 2.24) is 10.6 Å². The van der Waals surface area contributed by atoms with E-state index in [2.05, 4.69) is 24.5 Å². The summed E-state index contributed by atoms with van der Waals surface area (Å²) in [6.45, 7) is 5.98. The molecule has 16 heavy (non-hydrogen) atoms. The lowest BCUT2D eigenvalue weighted by Gasteiger charge is -2.30. The monoisotopic (exact) mass is 228 g/mol. The van der Waals surface area contributed by atoms with Gasteiger partial charge in [0, 0.05) is 38.8 Å². The van der Waals surface area contributed by atoms with E-state index < -0.39 is 0 Å². The van der Waals surface area contributed by atoms with E-state index in [0.29, 0.717) is 24.4 Å². The second-order valence-corrected chi connectivity index (χ2v) is 4.84. The van der Waals surface area contributed by atoms with E-state index in [4.69, 9.17) is 4.74 Å². The molecule has 1 aliphatic heterocycles. The van der Waals surface area contributed by atoms with E-state index in [-0.39, 0.29) is 5.91 Å². The van der Waals surface area contributed by atoms with Gasteiger partial charge in [-0.15, -0.1) is 0 Å². The van der Waals surface area contributed by atoms with Gasteiger partial charge in [-0.1, -0.05) is 13.8 Å². The number of hydrogen-bond donors (Lipinski definition) is 2. The molecular weight excluding hydrogens is 204 g/mol. The lowest BCUT2D eigenvalue weighted by Crippen LogP contribution is -2.50. The van der Waals surface area contributed by atoms with Crippen LogP contribution in [-0.4, -0.2) is 38.3 Å². The second kappa shape index (κ2) is 6.86. The summed E-state index contributed by atoms with van der Waals surface area (Å²) in [6.07, 6.45) is 2.62. The van der Waals surface area contributed by atoms with Crippen molar-refractivity contribution in [3.8, 4) is 0 Å². The van der Waals surface area contributed by atoms with Crippen LogP contribution in [0.25, 0.3) is 0 Å². The molecule has 1 aliphatic rings. The highest BCUT2D eigenvalue weighted by Crippen LogP contribution is 2.11. The first-order valence-electron chi connectivity index (χ1n) is 6.15. The largest absolute Gasteiger partial charge is 0.385 e. The fourth-order valence-corrected chi connectivity index (χ4v) is 2.03. The number of rotatable bonds is 6. The lowest BCUT2D eigenvalue weighted by atomic mass is 9.98. The van der Waals surface area contributed by atoms with Crippen molar-refractivity contribution in [2.45, 2.75) is 45.2 Å². The summed E-state index contributed by atoms with van der Waals surface area (Å²) in [5.41, 5.74) is 0. The lowest BCUT2D eigenvalue weighted by molar-refractivity contribution is -0.122. The van der Waals surface area contributed by atoms with Gasteiger partial charge in [-0.05, 0) is 18.8 Å². The third-order valence-corrected chi connectivity index (χ3v) is 3.15. The average molecular weight is 228 g/mol. The topological polar surface area (TPSA) is 50.4 Å². The molecule has 0 spiro atoms. The van der Waals surface area contributed by atoms with Crippen LogP contribution >= 0.6 is 0 Å². The number of piperidine rings is 1. The molecule has 2 unspecified atom stereocenters. The molecule has 1 fully saturated rings. The highest BCUT2D eigenvalue weighted by Gasteiger charge is 2.22. The summed E-state index contributed by atoms with van der Waals surface area (Å²) >= 11 is 0. The number of nitrogens with one attached hydrogen (secondary N) is 2. The van der Waals surface area contributed by atoms with Crippen molar-refractivity contribution in [2.75, 3.05) is 20.3 Å². The van der Waals surface area contributed by atoms with Crippen LogP contribution in [0.1, 0.15) is 33.1 Å². The molecule has 0 bridgehead atoms. The Morgan fingerprint density at radius 1 is 1.56 bits per heavy atom. The molecule has 2 N–H and O–H groups in total. The van der Waals surface area contributed by atoms with Gasteiger partial charge in [0.15, 0.2) is 0 Å². The van der Waals surface area contributed by atoms with Gasteiger partial charge < -0.3 is 15.4 Å². The quantitative estimate of drug-likeness (QED) is 0.710. The molecule has 1 rings (SSSR count). The van der Waals surface area contributed by atoms with E-state index in [1.165, 1.54) is 0 Å². The maximum atomic E-state index is 11.0. The Labute approximate surface area is 98.1 Å². The first kappa shape index (κ1) is 13.5. The van der Waals surface area contributed by atoms with Crippen LogP contribution in [0.2, 0.25) is 0 Å². The van der Waals surface area contributed by atoms with Crippen molar-refractivity contribution in [1.29, 1.82) is 0 Å². The molecular formula is C12H24N2O2. The maximum absolute atomic E-state index is 11.0. The van der Waals surface area contributed by atoms with Crippen LogP contribution in [0.15, 0.2) is 0 Å². The summed E-state index contributed by atoms with van der Waals surface area (Å²) in [6, 6.07) is 0.891. The fourth-order valence-electron chi connectivity index (χ4n) is 2.03. The molecule has 0 aromatic heterocycles. The highest BCUT2D eigenvalue weighted by atomic mass is 16.5. The standard InChI is InChI=1S/C12H24N2O2/c1-9(2)11(6-7-16-3)14-10-4-5-12(15)13-8-10/h9-11,14H,4-8H2,1-3H3,(H,13,15). The first-order valence-corrected chi connectivity index (χ1v) is 6.15. The molecule has 4 heteroatoms. The number of carbonyl (C=O) groups is 1. The molecule has 94 valence electrons. The third kappa shape index (κ3) is 4.49. The molecule has 0 saturated carbocycles. The van der Waals surface area contributed by atoms with Crippen LogP contribution < -0.4 is 10.6 Å². The summed E-state index contributed by atoms with van der Waals surface area (Å²) < 4.78 is 5.12. The van der Waals surface area contributed by atoms with Crippen LogP contribution in [-0.2, 0) is 9.53 Å². The van der Waals surface area contributed by atoms with Gasteiger partial charge in [-0.2, -0.15) is 0 Å². The minimum atomic E-state index is 0.177. The van der Waals surface area contributed by atoms with Gasteiger partial charge in [-0.25, -0.2) is 0 Å². The molecule has 1 saturated heterocycles. The van der Waals surface area contributed by atoms with Gasteiger partial charge in [-0.3, -0.25) is 4.79 Å². The Bertz CT molecular complexity index is 209. The van der Waals surface area contributed by atoms with Gasteiger partial charge in [0.25, 0.3) is 0 Å². The number of hydrogen-bond acceptors (Lipinski definition) is 3. The molecule has 0 aliphatic carbocycles. The van der Waals surface area contributed by atoms with E-state index in [9.17, 15) is 4.79 Å². The fraction of sp³-hybridized carbons (Fsp3) is 0.917. The van der Waals surface area contributed by atoms with Crippen LogP contribution in [0, 0.1) is 5.92 Å². The Balaban J connectivity index is 2.33.